The molecule has 0 radical (unpaired) electrons. The zero-order chi connectivity index (χ0) is 8.81. The Hall–Kier alpha value is -0.120. The van der Waals surface area contributed by atoms with Crippen LogP contribution in [0.3, 0.4) is 0 Å². The van der Waals surface area contributed by atoms with Gasteiger partial charge in [-0.3, -0.25) is 0 Å². The summed E-state index contributed by atoms with van der Waals surface area (Å²) in [5, 5.41) is 6.63. The van der Waals surface area contributed by atoms with Crippen LogP contribution in [0.15, 0.2) is 0 Å². The minimum absolute atomic E-state index is 0.562. The fourth-order valence-corrected chi connectivity index (χ4v) is 1.35. The van der Waals surface area contributed by atoms with E-state index in [4.69, 9.17) is 4.74 Å². The lowest BCUT2D eigenvalue weighted by molar-refractivity contribution is 0.185. The van der Waals surface area contributed by atoms with Gasteiger partial charge in [-0.1, -0.05) is 0 Å². The Morgan fingerprint density at radius 1 is 1.58 bits per heavy atom. The van der Waals surface area contributed by atoms with Crippen molar-refractivity contribution in [1.29, 1.82) is 0 Å². The Morgan fingerprint density at radius 3 is 3.00 bits per heavy atom. The number of rotatable bonds is 5. The van der Waals surface area contributed by atoms with Crippen molar-refractivity contribution < 1.29 is 4.74 Å². The molecule has 1 rings (SSSR count). The van der Waals surface area contributed by atoms with Gasteiger partial charge in [0.05, 0.1) is 6.61 Å². The summed E-state index contributed by atoms with van der Waals surface area (Å²) in [6, 6.07) is 0.562. The van der Waals surface area contributed by atoms with Crippen LogP contribution in [-0.4, -0.2) is 39.4 Å². The molecule has 0 aliphatic carbocycles. The summed E-state index contributed by atoms with van der Waals surface area (Å²) in [5.74, 6) is 0.744. The van der Waals surface area contributed by atoms with Crippen molar-refractivity contribution in [3.8, 4) is 0 Å². The molecule has 1 fully saturated rings. The molecule has 1 aliphatic rings. The molecule has 1 saturated heterocycles. The molecular weight excluding hydrogens is 152 g/mol. The molecule has 72 valence electrons. The summed E-state index contributed by atoms with van der Waals surface area (Å²) in [4.78, 5) is 0. The standard InChI is InChI=1S/C9H20N2O/c1-8(10-2)5-11-6-9-3-4-12-7-9/h8-11H,3-7H2,1-2H3. The SMILES string of the molecule is CNC(C)CNCC1CCOC1. The van der Waals surface area contributed by atoms with Gasteiger partial charge < -0.3 is 15.4 Å². The highest BCUT2D eigenvalue weighted by atomic mass is 16.5. The zero-order valence-electron chi connectivity index (χ0n) is 8.10. The van der Waals surface area contributed by atoms with E-state index in [1.807, 2.05) is 7.05 Å². The largest absolute Gasteiger partial charge is 0.381 e. The van der Waals surface area contributed by atoms with Crippen molar-refractivity contribution in [3.05, 3.63) is 0 Å². The maximum Gasteiger partial charge on any atom is 0.0507 e. The lowest BCUT2D eigenvalue weighted by Crippen LogP contribution is -2.36. The van der Waals surface area contributed by atoms with Crippen LogP contribution in [0.5, 0.6) is 0 Å². The van der Waals surface area contributed by atoms with Crippen LogP contribution < -0.4 is 10.6 Å². The lowest BCUT2D eigenvalue weighted by atomic mass is 10.1. The second-order valence-electron chi connectivity index (χ2n) is 3.58. The molecule has 12 heavy (non-hydrogen) atoms. The Morgan fingerprint density at radius 2 is 2.42 bits per heavy atom. The highest BCUT2D eigenvalue weighted by Gasteiger charge is 2.14. The number of hydrogen-bond acceptors (Lipinski definition) is 3. The molecule has 0 aromatic rings. The van der Waals surface area contributed by atoms with E-state index in [1.54, 1.807) is 0 Å². The first kappa shape index (κ1) is 9.96. The molecule has 2 atom stereocenters. The van der Waals surface area contributed by atoms with Gasteiger partial charge in [0.25, 0.3) is 0 Å². The fraction of sp³-hybridized carbons (Fsp3) is 1.00. The monoisotopic (exact) mass is 172 g/mol. The summed E-state index contributed by atoms with van der Waals surface area (Å²) >= 11 is 0. The minimum atomic E-state index is 0.562. The number of ether oxygens (including phenoxy) is 1. The van der Waals surface area contributed by atoms with Gasteiger partial charge in [-0.15, -0.1) is 0 Å². The summed E-state index contributed by atoms with van der Waals surface area (Å²) in [6.07, 6.45) is 1.22. The molecule has 0 bridgehead atoms. The van der Waals surface area contributed by atoms with E-state index in [-0.39, 0.29) is 0 Å². The van der Waals surface area contributed by atoms with E-state index in [2.05, 4.69) is 17.6 Å². The van der Waals surface area contributed by atoms with Gasteiger partial charge in [-0.05, 0) is 26.3 Å². The molecule has 0 aromatic heterocycles. The van der Waals surface area contributed by atoms with E-state index in [9.17, 15) is 0 Å². The van der Waals surface area contributed by atoms with Crippen molar-refractivity contribution in [2.45, 2.75) is 19.4 Å². The Labute approximate surface area is 74.9 Å². The normalized spacial score (nSPS) is 26.0. The predicted molar refractivity (Wildman–Crippen MR) is 50.3 cm³/mol. The zero-order valence-corrected chi connectivity index (χ0v) is 8.10. The molecule has 0 spiro atoms. The van der Waals surface area contributed by atoms with Crippen LogP contribution in [-0.2, 0) is 4.74 Å². The second kappa shape index (κ2) is 5.51. The summed E-state index contributed by atoms with van der Waals surface area (Å²) in [6.45, 7) is 6.23. The summed E-state index contributed by atoms with van der Waals surface area (Å²) < 4.78 is 5.29. The average Bonchev–Trinajstić information content (AvgIpc) is 2.57. The fourth-order valence-electron chi connectivity index (χ4n) is 1.35. The minimum Gasteiger partial charge on any atom is -0.381 e. The van der Waals surface area contributed by atoms with Crippen molar-refractivity contribution in [2.75, 3.05) is 33.4 Å². The molecule has 2 N–H and O–H groups in total. The molecule has 0 amide bonds. The number of nitrogens with one attached hydrogen (secondary N) is 2. The average molecular weight is 172 g/mol. The molecular formula is C9H20N2O. The van der Waals surface area contributed by atoms with Crippen LogP contribution >= 0.6 is 0 Å². The third kappa shape index (κ3) is 3.52. The number of hydrogen-bond donors (Lipinski definition) is 2. The van der Waals surface area contributed by atoms with Gasteiger partial charge >= 0.3 is 0 Å². The second-order valence-corrected chi connectivity index (χ2v) is 3.58. The van der Waals surface area contributed by atoms with Gasteiger partial charge in [-0.2, -0.15) is 0 Å². The van der Waals surface area contributed by atoms with Crippen LogP contribution in [0.1, 0.15) is 13.3 Å². The summed E-state index contributed by atoms with van der Waals surface area (Å²) in [5.41, 5.74) is 0. The van der Waals surface area contributed by atoms with E-state index in [0.717, 1.165) is 32.2 Å². The predicted octanol–water partition coefficient (Wildman–Crippen LogP) is 0.220. The maximum absolute atomic E-state index is 5.29. The van der Waals surface area contributed by atoms with Gasteiger partial charge in [0.1, 0.15) is 0 Å². The van der Waals surface area contributed by atoms with Crippen LogP contribution in [0, 0.1) is 5.92 Å². The van der Waals surface area contributed by atoms with Crippen LogP contribution in [0.2, 0.25) is 0 Å². The first-order chi connectivity index (χ1) is 5.83. The van der Waals surface area contributed by atoms with E-state index in [0.29, 0.717) is 6.04 Å². The Bertz CT molecular complexity index is 113. The molecule has 1 aliphatic heterocycles. The highest BCUT2D eigenvalue weighted by molar-refractivity contribution is 4.68. The topological polar surface area (TPSA) is 33.3 Å². The lowest BCUT2D eigenvalue weighted by Gasteiger charge is -2.13. The van der Waals surface area contributed by atoms with Crippen LogP contribution in [0.25, 0.3) is 0 Å². The summed E-state index contributed by atoms with van der Waals surface area (Å²) in [7, 11) is 1.99. The molecule has 0 saturated carbocycles. The number of likely N-dealkylation sites (N-methyl/N-ethyl adjacent to an activating group) is 1. The smallest absolute Gasteiger partial charge is 0.0507 e. The van der Waals surface area contributed by atoms with Gasteiger partial charge in [0.2, 0.25) is 0 Å². The molecule has 1 heterocycles. The Balaban J connectivity index is 1.94. The maximum atomic E-state index is 5.29. The highest BCUT2D eigenvalue weighted by Crippen LogP contribution is 2.10. The first-order valence-corrected chi connectivity index (χ1v) is 4.78. The third-order valence-corrected chi connectivity index (χ3v) is 2.40. The molecule has 3 nitrogen and oxygen atoms in total. The van der Waals surface area contributed by atoms with Crippen LogP contribution in [0.4, 0.5) is 0 Å². The third-order valence-electron chi connectivity index (χ3n) is 2.40. The van der Waals surface area contributed by atoms with E-state index >= 15 is 0 Å². The Kier molecular flexibility index (Phi) is 4.58. The molecule has 2 unspecified atom stereocenters. The molecule has 0 aromatic carbocycles. The van der Waals surface area contributed by atoms with Crippen molar-refractivity contribution in [2.24, 2.45) is 5.92 Å². The van der Waals surface area contributed by atoms with Crippen molar-refractivity contribution in [3.63, 3.8) is 0 Å². The van der Waals surface area contributed by atoms with Gasteiger partial charge in [-0.25, -0.2) is 0 Å². The van der Waals surface area contributed by atoms with Crippen molar-refractivity contribution >= 4 is 0 Å². The van der Waals surface area contributed by atoms with Gasteiger partial charge in [0, 0.05) is 25.7 Å². The molecule has 3 heteroatoms. The first-order valence-electron chi connectivity index (χ1n) is 4.78. The van der Waals surface area contributed by atoms with Gasteiger partial charge in [0.15, 0.2) is 0 Å². The van der Waals surface area contributed by atoms with E-state index in [1.165, 1.54) is 6.42 Å². The van der Waals surface area contributed by atoms with Crippen molar-refractivity contribution in [1.82, 2.24) is 10.6 Å². The van der Waals surface area contributed by atoms with E-state index < -0.39 is 0 Å². The quantitative estimate of drug-likeness (QED) is 0.622.